The van der Waals surface area contributed by atoms with E-state index in [2.05, 4.69) is 39.2 Å². The highest BCUT2D eigenvalue weighted by Crippen LogP contribution is 2.36. The van der Waals surface area contributed by atoms with Gasteiger partial charge in [0.2, 0.25) is 0 Å². The lowest BCUT2D eigenvalue weighted by molar-refractivity contribution is 0.174. The van der Waals surface area contributed by atoms with Crippen LogP contribution in [0, 0.1) is 0 Å². The molecule has 0 fully saturated rings. The first-order valence-electron chi connectivity index (χ1n) is 7.50. The molecular formula is C17H27NO3Si. The average molecular weight is 321 g/mol. The Bertz CT molecular complexity index is 492. The summed E-state index contributed by atoms with van der Waals surface area (Å²) in [5, 5.41) is 2.86. The van der Waals surface area contributed by atoms with Crippen LogP contribution < -0.4 is 5.32 Å². The largest absolute Gasteiger partial charge is 0.445 e. The van der Waals surface area contributed by atoms with Crippen LogP contribution in [0.3, 0.4) is 0 Å². The fourth-order valence-electron chi connectivity index (χ4n) is 1.41. The minimum atomic E-state index is -1.71. The summed E-state index contributed by atoms with van der Waals surface area (Å²) in [7, 11) is -1.71. The molecule has 0 aromatic heterocycles. The van der Waals surface area contributed by atoms with Crippen molar-refractivity contribution < 1.29 is 14.0 Å². The van der Waals surface area contributed by atoms with Gasteiger partial charge in [0.25, 0.3) is 0 Å². The predicted molar refractivity (Wildman–Crippen MR) is 93.7 cm³/mol. The summed E-state index contributed by atoms with van der Waals surface area (Å²) in [4.78, 5) is 11.5. The molecule has 0 bridgehead atoms. The van der Waals surface area contributed by atoms with Crippen LogP contribution in [0.1, 0.15) is 20.8 Å². The Balaban J connectivity index is 2.23. The Morgan fingerprint density at radius 1 is 1.14 bits per heavy atom. The Kier molecular flexibility index (Phi) is 6.84. The lowest BCUT2D eigenvalue weighted by atomic mass is 10.2. The van der Waals surface area contributed by atoms with E-state index in [0.29, 0.717) is 6.61 Å². The summed E-state index contributed by atoms with van der Waals surface area (Å²) in [5.74, 6) is 0. The van der Waals surface area contributed by atoms with Crippen LogP contribution in [0.25, 0.3) is 0 Å². The van der Waals surface area contributed by atoms with E-state index in [1.807, 2.05) is 36.4 Å². The van der Waals surface area contributed by atoms with Gasteiger partial charge in [-0.25, -0.2) is 4.79 Å². The van der Waals surface area contributed by atoms with Crippen molar-refractivity contribution in [3.05, 3.63) is 42.5 Å². The molecule has 0 unspecified atom stereocenters. The summed E-state index contributed by atoms with van der Waals surface area (Å²) < 4.78 is 11.1. The molecule has 5 heteroatoms. The van der Waals surface area contributed by atoms with Gasteiger partial charge in [-0.2, -0.15) is 0 Å². The topological polar surface area (TPSA) is 47.6 Å². The maximum atomic E-state index is 11.5. The maximum absolute atomic E-state index is 11.5. The SMILES string of the molecule is CC(C)(C)[Si](C)(C)OC/C=C\COC(=O)Nc1ccccc1. The first-order chi connectivity index (χ1) is 10.2. The van der Waals surface area contributed by atoms with Crippen molar-refractivity contribution in [2.75, 3.05) is 18.5 Å². The molecule has 22 heavy (non-hydrogen) atoms. The average Bonchev–Trinajstić information content (AvgIpc) is 2.42. The van der Waals surface area contributed by atoms with Crippen molar-refractivity contribution in [1.29, 1.82) is 0 Å². The van der Waals surface area contributed by atoms with E-state index in [1.165, 1.54) is 0 Å². The number of carbonyl (C=O) groups is 1. The minimum Gasteiger partial charge on any atom is -0.445 e. The standard InChI is InChI=1S/C17H27NO3Si/c1-17(2,3)22(4,5)21-14-10-9-13-20-16(19)18-15-11-7-6-8-12-15/h6-12H,13-14H2,1-5H3,(H,18,19)/b10-9-. The van der Waals surface area contributed by atoms with Crippen molar-refractivity contribution in [3.8, 4) is 0 Å². The summed E-state index contributed by atoms with van der Waals surface area (Å²) in [6.45, 7) is 11.8. The van der Waals surface area contributed by atoms with Crippen LogP contribution in [0.2, 0.25) is 18.1 Å². The maximum Gasteiger partial charge on any atom is 0.411 e. The summed E-state index contributed by atoms with van der Waals surface area (Å²) in [6, 6.07) is 9.22. The van der Waals surface area contributed by atoms with Crippen LogP contribution in [0.4, 0.5) is 10.5 Å². The van der Waals surface area contributed by atoms with E-state index in [1.54, 1.807) is 6.08 Å². The molecule has 0 heterocycles. The highest BCUT2D eigenvalue weighted by atomic mass is 28.4. The van der Waals surface area contributed by atoms with Gasteiger partial charge in [-0.1, -0.05) is 45.0 Å². The van der Waals surface area contributed by atoms with E-state index < -0.39 is 14.4 Å². The number of ether oxygens (including phenoxy) is 1. The lowest BCUT2D eigenvalue weighted by Gasteiger charge is -2.35. The van der Waals surface area contributed by atoms with Gasteiger partial charge >= 0.3 is 6.09 Å². The third-order valence-corrected chi connectivity index (χ3v) is 8.34. The van der Waals surface area contributed by atoms with Gasteiger partial charge in [-0.3, -0.25) is 5.32 Å². The number of nitrogens with one attached hydrogen (secondary N) is 1. The third kappa shape index (κ3) is 6.45. The van der Waals surface area contributed by atoms with Gasteiger partial charge in [0, 0.05) is 5.69 Å². The molecule has 0 aliphatic heterocycles. The third-order valence-electron chi connectivity index (χ3n) is 3.84. The first kappa shape index (κ1) is 18.5. The van der Waals surface area contributed by atoms with Gasteiger partial charge < -0.3 is 9.16 Å². The van der Waals surface area contributed by atoms with Gasteiger partial charge in [-0.05, 0) is 36.3 Å². The fourth-order valence-corrected chi connectivity index (χ4v) is 2.35. The monoisotopic (exact) mass is 321 g/mol. The Labute approximate surface area is 134 Å². The van der Waals surface area contributed by atoms with Gasteiger partial charge in [0.05, 0.1) is 6.61 Å². The molecule has 1 amide bonds. The molecule has 122 valence electrons. The Morgan fingerprint density at radius 3 is 2.32 bits per heavy atom. The number of hydrogen-bond donors (Lipinski definition) is 1. The summed E-state index contributed by atoms with van der Waals surface area (Å²) >= 11 is 0. The number of amides is 1. The smallest absolute Gasteiger partial charge is 0.411 e. The fraction of sp³-hybridized carbons (Fsp3) is 0.471. The van der Waals surface area contributed by atoms with E-state index in [4.69, 9.17) is 9.16 Å². The lowest BCUT2D eigenvalue weighted by Crippen LogP contribution is -2.40. The molecule has 1 N–H and O–H groups in total. The number of benzene rings is 1. The molecule has 0 radical (unpaired) electrons. The zero-order valence-electron chi connectivity index (χ0n) is 14.2. The molecule has 1 aromatic rings. The number of carbonyl (C=O) groups excluding carboxylic acids is 1. The normalized spacial score (nSPS) is 12.4. The zero-order valence-corrected chi connectivity index (χ0v) is 15.2. The highest BCUT2D eigenvalue weighted by Gasteiger charge is 2.36. The number of para-hydroxylation sites is 1. The van der Waals surface area contributed by atoms with Gasteiger partial charge in [-0.15, -0.1) is 0 Å². The minimum absolute atomic E-state index is 0.201. The van der Waals surface area contributed by atoms with Crippen molar-refractivity contribution in [2.24, 2.45) is 0 Å². The molecule has 0 aliphatic rings. The zero-order chi connectivity index (χ0) is 16.6. The second-order valence-electron chi connectivity index (χ2n) is 6.63. The van der Waals surface area contributed by atoms with E-state index in [-0.39, 0.29) is 11.6 Å². The first-order valence-corrected chi connectivity index (χ1v) is 10.4. The van der Waals surface area contributed by atoms with Crippen molar-refractivity contribution in [1.82, 2.24) is 0 Å². The Morgan fingerprint density at radius 2 is 1.73 bits per heavy atom. The number of anilines is 1. The van der Waals surface area contributed by atoms with Gasteiger partial charge in [0.1, 0.15) is 6.61 Å². The molecule has 1 aromatic carbocycles. The summed E-state index contributed by atoms with van der Waals surface area (Å²) in [6.07, 6.45) is 3.25. The second kappa shape index (κ2) is 8.15. The molecule has 0 spiro atoms. The quantitative estimate of drug-likeness (QED) is 0.604. The van der Waals surface area contributed by atoms with Crippen LogP contribution >= 0.6 is 0 Å². The van der Waals surface area contributed by atoms with Gasteiger partial charge in [0.15, 0.2) is 8.32 Å². The Hall–Kier alpha value is -1.59. The van der Waals surface area contributed by atoms with Crippen molar-refractivity contribution >= 4 is 20.1 Å². The highest BCUT2D eigenvalue weighted by molar-refractivity contribution is 6.74. The van der Waals surface area contributed by atoms with E-state index >= 15 is 0 Å². The molecule has 0 saturated heterocycles. The molecule has 4 nitrogen and oxygen atoms in total. The molecular weight excluding hydrogens is 294 g/mol. The van der Waals surface area contributed by atoms with Crippen LogP contribution in [0.15, 0.2) is 42.5 Å². The van der Waals surface area contributed by atoms with E-state index in [9.17, 15) is 4.79 Å². The molecule has 0 aliphatic carbocycles. The van der Waals surface area contributed by atoms with Crippen molar-refractivity contribution in [2.45, 2.75) is 38.9 Å². The van der Waals surface area contributed by atoms with Crippen LogP contribution in [-0.2, 0) is 9.16 Å². The second-order valence-corrected chi connectivity index (χ2v) is 11.4. The number of rotatable bonds is 6. The predicted octanol–water partition coefficient (Wildman–Crippen LogP) is 4.81. The van der Waals surface area contributed by atoms with Crippen LogP contribution in [-0.4, -0.2) is 27.6 Å². The molecule has 0 saturated carbocycles. The number of hydrogen-bond acceptors (Lipinski definition) is 3. The van der Waals surface area contributed by atoms with Crippen molar-refractivity contribution in [3.63, 3.8) is 0 Å². The van der Waals surface area contributed by atoms with Crippen LogP contribution in [0.5, 0.6) is 0 Å². The molecule has 1 rings (SSSR count). The van der Waals surface area contributed by atoms with E-state index in [0.717, 1.165) is 5.69 Å². The molecule has 0 atom stereocenters. The summed E-state index contributed by atoms with van der Waals surface area (Å²) in [5.41, 5.74) is 0.720.